The Kier molecular flexibility index (Phi) is 9.87. The van der Waals surface area contributed by atoms with Crippen LogP contribution in [-0.4, -0.2) is 57.6 Å². The van der Waals surface area contributed by atoms with Gasteiger partial charge in [-0.1, -0.05) is 46.9 Å². The van der Waals surface area contributed by atoms with Crippen molar-refractivity contribution < 1.29 is 22.7 Å². The Morgan fingerprint density at radius 1 is 1.06 bits per heavy atom. The van der Waals surface area contributed by atoms with Gasteiger partial charge in [0.15, 0.2) is 0 Å². The lowest BCUT2D eigenvalue weighted by Crippen LogP contribution is -2.51. The van der Waals surface area contributed by atoms with Crippen LogP contribution in [0.4, 0.5) is 5.69 Å². The van der Waals surface area contributed by atoms with Crippen molar-refractivity contribution in [3.63, 3.8) is 0 Å². The number of carbonyl (C=O) groups is 2. The summed E-state index contributed by atoms with van der Waals surface area (Å²) in [7, 11) is -2.42. The highest BCUT2D eigenvalue weighted by atomic mass is 35.5. The predicted molar refractivity (Wildman–Crippen MR) is 135 cm³/mol. The van der Waals surface area contributed by atoms with Crippen LogP contribution in [0.15, 0.2) is 36.4 Å². The number of benzene rings is 2. The number of nitrogens with zero attached hydrogens (tertiary/aromatic N) is 2. The van der Waals surface area contributed by atoms with Crippen molar-refractivity contribution in [2.75, 3.05) is 30.8 Å². The van der Waals surface area contributed by atoms with Crippen LogP contribution in [0, 0.1) is 0 Å². The van der Waals surface area contributed by atoms with E-state index in [1.54, 1.807) is 38.1 Å². The fourth-order valence-electron chi connectivity index (χ4n) is 3.13. The van der Waals surface area contributed by atoms with Gasteiger partial charge < -0.3 is 15.0 Å². The summed E-state index contributed by atoms with van der Waals surface area (Å²) in [6, 6.07) is 8.68. The summed E-state index contributed by atoms with van der Waals surface area (Å²) in [5, 5.41) is 2.91. The van der Waals surface area contributed by atoms with Crippen LogP contribution in [0.5, 0.6) is 5.75 Å². The minimum Gasteiger partial charge on any atom is -0.497 e. The molecule has 1 N–H and O–H groups in total. The van der Waals surface area contributed by atoms with Crippen LogP contribution in [0.2, 0.25) is 15.1 Å². The molecule has 0 fully saturated rings. The van der Waals surface area contributed by atoms with Crippen molar-refractivity contribution in [2.24, 2.45) is 0 Å². The normalized spacial score (nSPS) is 12.1. The summed E-state index contributed by atoms with van der Waals surface area (Å²) in [5.41, 5.74) is 0.728. The number of hydrogen-bond donors (Lipinski definition) is 1. The zero-order valence-corrected chi connectivity index (χ0v) is 22.2. The lowest BCUT2D eigenvalue weighted by Gasteiger charge is -2.31. The molecule has 0 aliphatic carbocycles. The van der Waals surface area contributed by atoms with Gasteiger partial charge >= 0.3 is 0 Å². The topological polar surface area (TPSA) is 96.0 Å². The molecule has 2 aromatic carbocycles. The number of sulfonamides is 1. The van der Waals surface area contributed by atoms with Gasteiger partial charge in [0.2, 0.25) is 21.8 Å². The minimum atomic E-state index is -3.95. The van der Waals surface area contributed by atoms with Gasteiger partial charge in [0.05, 0.1) is 34.1 Å². The summed E-state index contributed by atoms with van der Waals surface area (Å²) in [6.07, 6.45) is 0.945. The molecule has 186 valence electrons. The first kappa shape index (κ1) is 28.0. The Hall–Kier alpha value is -2.20. The largest absolute Gasteiger partial charge is 0.497 e. The van der Waals surface area contributed by atoms with Gasteiger partial charge in [0.25, 0.3) is 0 Å². The van der Waals surface area contributed by atoms with Gasteiger partial charge in [-0.2, -0.15) is 0 Å². The smallest absolute Gasteiger partial charge is 0.244 e. The zero-order chi connectivity index (χ0) is 25.6. The number of hydrogen-bond acceptors (Lipinski definition) is 5. The average Bonchev–Trinajstić information content (AvgIpc) is 2.77. The van der Waals surface area contributed by atoms with Gasteiger partial charge in [-0.15, -0.1) is 0 Å². The molecule has 0 saturated heterocycles. The molecule has 0 aliphatic rings. The molecule has 2 amide bonds. The fourth-order valence-corrected chi connectivity index (χ4v) is 4.68. The monoisotopic (exact) mass is 549 g/mol. The second-order valence-corrected chi connectivity index (χ2v) is 10.6. The molecular formula is C22H26Cl3N3O5S. The fraction of sp³-hybridized carbons (Fsp3) is 0.364. The Balaban J connectivity index is 2.44. The third-order valence-electron chi connectivity index (χ3n) is 4.97. The number of nitrogens with one attached hydrogen (secondary N) is 1. The van der Waals surface area contributed by atoms with Crippen molar-refractivity contribution in [1.82, 2.24) is 10.2 Å². The Bertz CT molecular complexity index is 1140. The van der Waals surface area contributed by atoms with Gasteiger partial charge in [0.1, 0.15) is 18.3 Å². The average molecular weight is 551 g/mol. The van der Waals surface area contributed by atoms with E-state index in [1.807, 2.05) is 0 Å². The number of methoxy groups -OCH3 is 1. The van der Waals surface area contributed by atoms with Crippen molar-refractivity contribution in [3.05, 3.63) is 57.0 Å². The number of amides is 2. The Morgan fingerprint density at radius 3 is 2.18 bits per heavy atom. The molecule has 0 bridgehead atoms. The first-order chi connectivity index (χ1) is 15.9. The number of carbonyl (C=O) groups excluding carboxylic acids is 2. The van der Waals surface area contributed by atoms with E-state index < -0.39 is 28.5 Å². The molecule has 2 aromatic rings. The first-order valence-electron chi connectivity index (χ1n) is 10.2. The number of anilines is 1. The van der Waals surface area contributed by atoms with Gasteiger partial charge in [0, 0.05) is 13.1 Å². The summed E-state index contributed by atoms with van der Waals surface area (Å²) >= 11 is 18.3. The molecular weight excluding hydrogens is 525 g/mol. The van der Waals surface area contributed by atoms with Crippen LogP contribution < -0.4 is 14.4 Å². The maximum atomic E-state index is 13.4. The predicted octanol–water partition coefficient (Wildman–Crippen LogP) is 3.97. The number of ether oxygens (including phenoxy) is 1. The van der Waals surface area contributed by atoms with E-state index >= 15 is 0 Å². The molecule has 0 unspecified atom stereocenters. The summed E-state index contributed by atoms with van der Waals surface area (Å²) in [4.78, 5) is 27.3. The van der Waals surface area contributed by atoms with Gasteiger partial charge in [-0.05, 0) is 43.7 Å². The van der Waals surface area contributed by atoms with Gasteiger partial charge in [-0.25, -0.2) is 8.42 Å². The third kappa shape index (κ3) is 7.15. The molecule has 12 heteroatoms. The highest BCUT2D eigenvalue weighted by Crippen LogP contribution is 2.35. The zero-order valence-electron chi connectivity index (χ0n) is 19.1. The molecule has 0 radical (unpaired) electrons. The molecule has 0 aliphatic heterocycles. The maximum Gasteiger partial charge on any atom is 0.244 e. The standard InChI is InChI=1S/C22H26Cl3N3O5S/c1-5-26-22(30)14(2)27(12-15-6-8-16(33-3)9-7-15)21(29)13-28(34(4,31)32)20-11-18(24)17(23)10-19(20)25/h6-11,14H,5,12-13H2,1-4H3,(H,26,30)/t14-/m1/s1. The molecule has 1 atom stereocenters. The highest BCUT2D eigenvalue weighted by molar-refractivity contribution is 7.92. The second kappa shape index (κ2) is 12.0. The van der Waals surface area contributed by atoms with E-state index in [0.29, 0.717) is 12.3 Å². The molecule has 0 heterocycles. The van der Waals surface area contributed by atoms with E-state index in [9.17, 15) is 18.0 Å². The summed E-state index contributed by atoms with van der Waals surface area (Å²) < 4.78 is 31.2. The van der Waals surface area contributed by atoms with E-state index in [2.05, 4.69) is 5.32 Å². The van der Waals surface area contributed by atoms with Crippen molar-refractivity contribution in [2.45, 2.75) is 26.4 Å². The minimum absolute atomic E-state index is 0.00183. The molecule has 0 saturated carbocycles. The highest BCUT2D eigenvalue weighted by Gasteiger charge is 2.31. The van der Waals surface area contributed by atoms with Gasteiger partial charge in [-0.3, -0.25) is 13.9 Å². The van der Waals surface area contributed by atoms with E-state index in [4.69, 9.17) is 39.5 Å². The number of halogens is 3. The van der Waals surface area contributed by atoms with E-state index in [0.717, 1.165) is 16.1 Å². The van der Waals surface area contributed by atoms with Crippen LogP contribution in [0.1, 0.15) is 19.4 Å². The lowest BCUT2D eigenvalue weighted by molar-refractivity contribution is -0.139. The Labute approximate surface area is 214 Å². The summed E-state index contributed by atoms with van der Waals surface area (Å²) in [5.74, 6) is -0.346. The number of rotatable bonds is 10. The first-order valence-corrected chi connectivity index (χ1v) is 13.2. The van der Waals surface area contributed by atoms with Crippen molar-refractivity contribution in [3.8, 4) is 5.75 Å². The molecule has 0 spiro atoms. The molecule has 0 aromatic heterocycles. The SMILES string of the molecule is CCNC(=O)[C@@H](C)N(Cc1ccc(OC)cc1)C(=O)CN(c1cc(Cl)c(Cl)cc1Cl)S(C)(=O)=O. The molecule has 34 heavy (non-hydrogen) atoms. The van der Waals surface area contributed by atoms with Crippen LogP contribution >= 0.6 is 34.8 Å². The van der Waals surface area contributed by atoms with E-state index in [1.165, 1.54) is 24.1 Å². The van der Waals surface area contributed by atoms with Crippen molar-refractivity contribution >= 4 is 62.3 Å². The van der Waals surface area contributed by atoms with Crippen LogP contribution in [-0.2, 0) is 26.2 Å². The molecule has 2 rings (SSSR count). The molecule has 8 nitrogen and oxygen atoms in total. The third-order valence-corrected chi connectivity index (χ3v) is 7.12. The van der Waals surface area contributed by atoms with Crippen LogP contribution in [0.25, 0.3) is 0 Å². The quantitative estimate of drug-likeness (QED) is 0.452. The summed E-state index contributed by atoms with van der Waals surface area (Å²) in [6.45, 7) is 3.17. The Morgan fingerprint density at radius 2 is 1.65 bits per heavy atom. The van der Waals surface area contributed by atoms with Crippen LogP contribution in [0.3, 0.4) is 0 Å². The maximum absolute atomic E-state index is 13.4. The second-order valence-electron chi connectivity index (χ2n) is 7.43. The number of likely N-dealkylation sites (N-methyl/N-ethyl adjacent to an activating group) is 1. The lowest BCUT2D eigenvalue weighted by atomic mass is 10.1. The van der Waals surface area contributed by atoms with E-state index in [-0.39, 0.29) is 33.2 Å². The van der Waals surface area contributed by atoms with Crippen molar-refractivity contribution in [1.29, 1.82) is 0 Å².